The van der Waals surface area contributed by atoms with Crippen molar-refractivity contribution < 1.29 is 19.1 Å². The third kappa shape index (κ3) is 5.98. The standard InChI is InChI=1S/C27H26ClFN4O3S/c1-4-6-18(11-12-31-35)22-10-9-21(16-24(22)29)36-14-5-13-32-26(37)33(25(34)27(32,2)3)20-8-7-19(17-30)23(28)15-20/h4,6-12,15-16,35H,5,13-14H2,1-3H3/b6-4-,18-11+,31-12+. The summed E-state index contributed by atoms with van der Waals surface area (Å²) in [7, 11) is 0. The number of halogens is 2. The van der Waals surface area contributed by atoms with Gasteiger partial charge in [0.2, 0.25) is 0 Å². The minimum Gasteiger partial charge on any atom is -0.493 e. The molecule has 10 heteroatoms. The van der Waals surface area contributed by atoms with Gasteiger partial charge in [-0.25, -0.2) is 4.39 Å². The highest BCUT2D eigenvalue weighted by atomic mass is 35.5. The summed E-state index contributed by atoms with van der Waals surface area (Å²) < 4.78 is 20.5. The SMILES string of the molecule is C\C=C/C(=C\C=N\O)c1ccc(OCCCN2C(=S)N(c3ccc(C#N)c(Cl)c3)C(=O)C2(C)C)cc1F. The number of hydrogen-bond donors (Lipinski definition) is 1. The molecule has 7 nitrogen and oxygen atoms in total. The van der Waals surface area contributed by atoms with E-state index in [1.807, 2.05) is 11.0 Å². The molecule has 0 aromatic heterocycles. The van der Waals surface area contributed by atoms with Gasteiger partial charge in [-0.3, -0.25) is 9.69 Å². The van der Waals surface area contributed by atoms with E-state index >= 15 is 0 Å². The van der Waals surface area contributed by atoms with Crippen LogP contribution >= 0.6 is 23.8 Å². The van der Waals surface area contributed by atoms with Gasteiger partial charge in [-0.1, -0.05) is 28.9 Å². The number of thiocarbonyl (C=S) groups is 1. The second-order valence-electron chi connectivity index (χ2n) is 8.64. The second kappa shape index (κ2) is 12.0. The van der Waals surface area contributed by atoms with Crippen LogP contribution in [0.1, 0.15) is 38.3 Å². The van der Waals surface area contributed by atoms with Crippen LogP contribution < -0.4 is 9.64 Å². The Labute approximate surface area is 225 Å². The number of oxime groups is 1. The molecule has 37 heavy (non-hydrogen) atoms. The van der Waals surface area contributed by atoms with E-state index in [0.717, 1.165) is 0 Å². The maximum atomic E-state index is 14.7. The summed E-state index contributed by atoms with van der Waals surface area (Å²) in [5.74, 6) is -0.310. The van der Waals surface area contributed by atoms with Gasteiger partial charge in [-0.15, -0.1) is 0 Å². The lowest BCUT2D eigenvalue weighted by atomic mass is 10.0. The van der Waals surface area contributed by atoms with Gasteiger partial charge in [0, 0.05) is 18.2 Å². The van der Waals surface area contributed by atoms with E-state index in [0.29, 0.717) is 46.2 Å². The predicted molar refractivity (Wildman–Crippen MR) is 147 cm³/mol. The molecule has 3 rings (SSSR count). The number of ether oxygens (including phenoxy) is 1. The molecule has 2 aromatic carbocycles. The fraction of sp³-hybridized carbons (Fsp3) is 0.259. The number of benzene rings is 2. The molecule has 0 saturated carbocycles. The Morgan fingerprint density at radius 2 is 2.08 bits per heavy atom. The fourth-order valence-corrected chi connectivity index (χ4v) is 4.66. The van der Waals surface area contributed by atoms with Crippen LogP contribution in [0.25, 0.3) is 5.57 Å². The van der Waals surface area contributed by atoms with E-state index in [1.165, 1.54) is 23.3 Å². The number of anilines is 1. The second-order valence-corrected chi connectivity index (χ2v) is 9.41. The van der Waals surface area contributed by atoms with E-state index in [4.69, 9.17) is 39.0 Å². The summed E-state index contributed by atoms with van der Waals surface area (Å²) in [6, 6.07) is 11.3. The molecular formula is C27H26ClFN4O3S. The highest BCUT2D eigenvalue weighted by Crippen LogP contribution is 2.34. The van der Waals surface area contributed by atoms with Gasteiger partial charge in [-0.05, 0) is 81.4 Å². The van der Waals surface area contributed by atoms with Gasteiger partial charge < -0.3 is 14.8 Å². The molecule has 2 aromatic rings. The van der Waals surface area contributed by atoms with Crippen LogP contribution in [0.3, 0.4) is 0 Å². The van der Waals surface area contributed by atoms with Crippen molar-refractivity contribution in [1.82, 2.24) is 4.90 Å². The van der Waals surface area contributed by atoms with Crippen molar-refractivity contribution in [3.05, 3.63) is 76.6 Å². The fourth-order valence-electron chi connectivity index (χ4n) is 3.93. The Balaban J connectivity index is 1.66. The highest BCUT2D eigenvalue weighted by molar-refractivity contribution is 7.80. The van der Waals surface area contributed by atoms with Crippen LogP contribution in [-0.2, 0) is 4.79 Å². The quantitative estimate of drug-likeness (QED) is 0.106. The Morgan fingerprint density at radius 1 is 1.32 bits per heavy atom. The van der Waals surface area contributed by atoms with E-state index in [9.17, 15) is 9.18 Å². The minimum atomic E-state index is -0.890. The van der Waals surface area contributed by atoms with Crippen LogP contribution in [0.15, 0.2) is 59.8 Å². The van der Waals surface area contributed by atoms with Gasteiger partial charge in [0.25, 0.3) is 5.91 Å². The molecule has 1 saturated heterocycles. The number of allylic oxidation sites excluding steroid dienone is 4. The Hall–Kier alpha value is -3.74. The lowest BCUT2D eigenvalue weighted by Gasteiger charge is -2.29. The van der Waals surface area contributed by atoms with Crippen LogP contribution in [0.2, 0.25) is 5.02 Å². The minimum absolute atomic E-state index is 0.201. The zero-order valence-corrected chi connectivity index (χ0v) is 22.2. The van der Waals surface area contributed by atoms with Gasteiger partial charge in [0.15, 0.2) is 5.11 Å². The maximum Gasteiger partial charge on any atom is 0.258 e. The molecule has 192 valence electrons. The van der Waals surface area contributed by atoms with Crippen LogP contribution in [-0.4, -0.2) is 46.0 Å². The van der Waals surface area contributed by atoms with Crippen LogP contribution in [0.5, 0.6) is 5.75 Å². The summed E-state index contributed by atoms with van der Waals surface area (Å²) in [6.45, 7) is 6.10. The van der Waals surface area contributed by atoms with Crippen molar-refractivity contribution in [3.63, 3.8) is 0 Å². The number of carbonyl (C=O) groups is 1. The van der Waals surface area contributed by atoms with E-state index in [2.05, 4.69) is 5.16 Å². The smallest absolute Gasteiger partial charge is 0.258 e. The van der Waals surface area contributed by atoms with Crippen molar-refractivity contribution in [1.29, 1.82) is 5.26 Å². The first-order valence-electron chi connectivity index (χ1n) is 11.4. The predicted octanol–water partition coefficient (Wildman–Crippen LogP) is 5.95. The molecule has 1 fully saturated rings. The molecule has 0 bridgehead atoms. The zero-order valence-electron chi connectivity index (χ0n) is 20.6. The average molecular weight is 541 g/mol. The molecule has 0 aliphatic carbocycles. The molecule has 1 aliphatic heterocycles. The Bertz CT molecular complexity index is 1330. The summed E-state index contributed by atoms with van der Waals surface area (Å²) in [5, 5.41) is 21.3. The summed E-state index contributed by atoms with van der Waals surface area (Å²) in [4.78, 5) is 16.4. The lowest BCUT2D eigenvalue weighted by Crippen LogP contribution is -2.44. The first-order valence-corrected chi connectivity index (χ1v) is 12.2. The van der Waals surface area contributed by atoms with E-state index < -0.39 is 11.4 Å². The molecule has 0 radical (unpaired) electrons. The van der Waals surface area contributed by atoms with E-state index in [1.54, 1.807) is 63.3 Å². The molecule has 1 aliphatic rings. The topological polar surface area (TPSA) is 89.2 Å². The molecular weight excluding hydrogens is 515 g/mol. The molecule has 0 atom stereocenters. The molecule has 1 N–H and O–H groups in total. The van der Waals surface area contributed by atoms with Crippen molar-refractivity contribution in [2.75, 3.05) is 18.1 Å². The third-order valence-electron chi connectivity index (χ3n) is 5.87. The number of nitrogens with zero attached hydrogens (tertiary/aromatic N) is 4. The normalized spacial score (nSPS) is 15.7. The maximum absolute atomic E-state index is 14.7. The van der Waals surface area contributed by atoms with Gasteiger partial charge in [-0.2, -0.15) is 5.26 Å². The monoisotopic (exact) mass is 540 g/mol. The van der Waals surface area contributed by atoms with Crippen LogP contribution in [0, 0.1) is 17.1 Å². The van der Waals surface area contributed by atoms with Crippen molar-refractivity contribution in [2.24, 2.45) is 5.16 Å². The third-order valence-corrected chi connectivity index (χ3v) is 6.58. The van der Waals surface area contributed by atoms with Crippen molar-refractivity contribution in [3.8, 4) is 11.8 Å². The lowest BCUT2D eigenvalue weighted by molar-refractivity contribution is -0.123. The molecule has 1 amide bonds. The van der Waals surface area contributed by atoms with Crippen LogP contribution in [0.4, 0.5) is 10.1 Å². The van der Waals surface area contributed by atoms with E-state index in [-0.39, 0.29) is 17.5 Å². The van der Waals surface area contributed by atoms with Gasteiger partial charge >= 0.3 is 0 Å². The summed E-state index contributed by atoms with van der Waals surface area (Å²) in [6.07, 6.45) is 6.66. The number of carbonyl (C=O) groups excluding carboxylic acids is 1. The van der Waals surface area contributed by atoms with Gasteiger partial charge in [0.1, 0.15) is 23.2 Å². The summed E-state index contributed by atoms with van der Waals surface area (Å²) in [5.41, 5.74) is 0.813. The highest BCUT2D eigenvalue weighted by Gasteiger charge is 2.49. The zero-order chi connectivity index (χ0) is 27.2. The number of amides is 1. The largest absolute Gasteiger partial charge is 0.493 e. The number of nitriles is 1. The van der Waals surface area contributed by atoms with Gasteiger partial charge in [0.05, 0.1) is 29.1 Å². The Kier molecular flexibility index (Phi) is 9.03. The Morgan fingerprint density at radius 3 is 2.70 bits per heavy atom. The molecule has 0 unspecified atom stereocenters. The molecule has 1 heterocycles. The number of hydrogen-bond acceptors (Lipinski definition) is 6. The summed E-state index contributed by atoms with van der Waals surface area (Å²) >= 11 is 11.8. The molecule has 0 spiro atoms. The first kappa shape index (κ1) is 27.8. The number of rotatable bonds is 9. The first-order chi connectivity index (χ1) is 17.6. The average Bonchev–Trinajstić information content (AvgIpc) is 3.03. The van der Waals surface area contributed by atoms with Crippen molar-refractivity contribution >= 4 is 52.3 Å². The van der Waals surface area contributed by atoms with Crippen molar-refractivity contribution in [2.45, 2.75) is 32.7 Å².